The van der Waals surface area contributed by atoms with Crippen molar-refractivity contribution in [1.82, 2.24) is 5.32 Å². The summed E-state index contributed by atoms with van der Waals surface area (Å²) in [6.07, 6.45) is 3.77. The van der Waals surface area contributed by atoms with Crippen LogP contribution in [0.2, 0.25) is 0 Å². The molecule has 132 valence electrons. The van der Waals surface area contributed by atoms with Crippen LogP contribution in [-0.2, 0) is 17.8 Å². The van der Waals surface area contributed by atoms with Crippen LogP contribution in [0.25, 0.3) is 0 Å². The molecule has 2 aromatic carbocycles. The molecule has 1 N–H and O–H groups in total. The van der Waals surface area contributed by atoms with Crippen LogP contribution < -0.4 is 15.0 Å². The molecule has 0 radical (unpaired) electrons. The number of carbonyl (C=O) groups is 1. The van der Waals surface area contributed by atoms with Gasteiger partial charge in [0, 0.05) is 31.7 Å². The highest BCUT2D eigenvalue weighted by Gasteiger charge is 2.11. The molecule has 0 spiro atoms. The minimum absolute atomic E-state index is 0.0754. The van der Waals surface area contributed by atoms with Crippen LogP contribution in [0.4, 0.5) is 5.69 Å². The number of hydrogen-bond acceptors (Lipinski definition) is 3. The molecule has 4 heteroatoms. The number of nitrogens with one attached hydrogen (secondary N) is 1. The topological polar surface area (TPSA) is 41.6 Å². The monoisotopic (exact) mass is 338 g/mol. The SMILES string of the molecule is COc1cccc(CCC(=O)NCc2ccc(N3CCCC3)cc2)c1. The van der Waals surface area contributed by atoms with Crippen molar-refractivity contribution >= 4 is 11.6 Å². The Bertz CT molecular complexity index is 691. The Morgan fingerprint density at radius 1 is 1.08 bits per heavy atom. The van der Waals surface area contributed by atoms with Gasteiger partial charge in [-0.1, -0.05) is 24.3 Å². The maximum atomic E-state index is 12.1. The Labute approximate surface area is 149 Å². The van der Waals surface area contributed by atoms with E-state index in [0.717, 1.165) is 36.4 Å². The fourth-order valence-corrected chi connectivity index (χ4v) is 3.17. The second-order valence-corrected chi connectivity index (χ2v) is 6.49. The van der Waals surface area contributed by atoms with Crippen LogP contribution in [0, 0.1) is 0 Å². The molecule has 0 aliphatic carbocycles. The van der Waals surface area contributed by atoms with Gasteiger partial charge in [0.25, 0.3) is 0 Å². The lowest BCUT2D eigenvalue weighted by molar-refractivity contribution is -0.121. The molecule has 0 aromatic heterocycles. The zero-order valence-corrected chi connectivity index (χ0v) is 14.8. The average Bonchev–Trinajstić information content (AvgIpc) is 3.20. The summed E-state index contributed by atoms with van der Waals surface area (Å²) in [5, 5.41) is 3.00. The highest BCUT2D eigenvalue weighted by Crippen LogP contribution is 2.20. The van der Waals surface area contributed by atoms with Crippen LogP contribution in [-0.4, -0.2) is 26.1 Å². The number of amides is 1. The van der Waals surface area contributed by atoms with Gasteiger partial charge in [0.15, 0.2) is 0 Å². The van der Waals surface area contributed by atoms with Crippen molar-refractivity contribution in [2.45, 2.75) is 32.2 Å². The Morgan fingerprint density at radius 2 is 1.84 bits per heavy atom. The van der Waals surface area contributed by atoms with E-state index in [-0.39, 0.29) is 5.91 Å². The summed E-state index contributed by atoms with van der Waals surface area (Å²) in [7, 11) is 1.65. The molecule has 1 aliphatic heterocycles. The Morgan fingerprint density at radius 3 is 2.56 bits per heavy atom. The maximum absolute atomic E-state index is 12.1. The number of benzene rings is 2. The number of nitrogens with zero attached hydrogens (tertiary/aromatic N) is 1. The first-order valence-electron chi connectivity index (χ1n) is 8.98. The molecule has 1 heterocycles. The van der Waals surface area contributed by atoms with Gasteiger partial charge >= 0.3 is 0 Å². The summed E-state index contributed by atoms with van der Waals surface area (Å²) >= 11 is 0. The van der Waals surface area contributed by atoms with E-state index in [2.05, 4.69) is 34.5 Å². The second kappa shape index (κ2) is 8.56. The first-order chi connectivity index (χ1) is 12.2. The summed E-state index contributed by atoms with van der Waals surface area (Å²) in [5.41, 5.74) is 3.53. The number of carbonyl (C=O) groups excluding carboxylic acids is 1. The van der Waals surface area contributed by atoms with Crippen LogP contribution in [0.1, 0.15) is 30.4 Å². The van der Waals surface area contributed by atoms with Crippen molar-refractivity contribution in [2.75, 3.05) is 25.1 Å². The van der Waals surface area contributed by atoms with Gasteiger partial charge in [0.2, 0.25) is 5.91 Å². The largest absolute Gasteiger partial charge is 0.497 e. The molecule has 3 rings (SSSR count). The summed E-state index contributed by atoms with van der Waals surface area (Å²) in [6, 6.07) is 16.4. The van der Waals surface area contributed by atoms with Gasteiger partial charge in [-0.25, -0.2) is 0 Å². The number of anilines is 1. The van der Waals surface area contributed by atoms with E-state index in [1.165, 1.54) is 18.5 Å². The summed E-state index contributed by atoms with van der Waals surface area (Å²) in [4.78, 5) is 14.5. The van der Waals surface area contributed by atoms with Crippen LogP contribution in [0.15, 0.2) is 48.5 Å². The molecular weight excluding hydrogens is 312 g/mol. The van der Waals surface area contributed by atoms with E-state index in [1.54, 1.807) is 7.11 Å². The van der Waals surface area contributed by atoms with Crippen LogP contribution >= 0.6 is 0 Å². The Hall–Kier alpha value is -2.49. The Kier molecular flexibility index (Phi) is 5.94. The lowest BCUT2D eigenvalue weighted by Gasteiger charge is -2.17. The number of methoxy groups -OCH3 is 1. The molecule has 1 saturated heterocycles. The molecule has 0 bridgehead atoms. The van der Waals surface area contributed by atoms with Crippen LogP contribution in [0.3, 0.4) is 0 Å². The smallest absolute Gasteiger partial charge is 0.220 e. The molecule has 0 unspecified atom stereocenters. The van der Waals surface area contributed by atoms with Gasteiger partial charge in [0.05, 0.1) is 7.11 Å². The van der Waals surface area contributed by atoms with Gasteiger partial charge in [-0.15, -0.1) is 0 Å². The lowest BCUT2D eigenvalue weighted by atomic mass is 10.1. The van der Waals surface area contributed by atoms with Crippen molar-refractivity contribution < 1.29 is 9.53 Å². The molecular formula is C21H26N2O2. The first-order valence-corrected chi connectivity index (χ1v) is 8.98. The standard InChI is InChI=1S/C21H26N2O2/c1-25-20-6-4-5-17(15-20)9-12-21(24)22-16-18-7-10-19(11-8-18)23-13-2-3-14-23/h4-8,10-11,15H,2-3,9,12-14,16H2,1H3,(H,22,24). The van der Waals surface area contributed by atoms with Gasteiger partial charge in [-0.2, -0.15) is 0 Å². The van der Waals surface area contributed by atoms with Crippen molar-refractivity contribution in [3.05, 3.63) is 59.7 Å². The highest BCUT2D eigenvalue weighted by molar-refractivity contribution is 5.76. The van der Waals surface area contributed by atoms with Crippen molar-refractivity contribution in [1.29, 1.82) is 0 Å². The average molecular weight is 338 g/mol. The Balaban J connectivity index is 1.43. The van der Waals surface area contributed by atoms with E-state index in [4.69, 9.17) is 4.74 Å². The third-order valence-corrected chi connectivity index (χ3v) is 4.67. The van der Waals surface area contributed by atoms with Gasteiger partial charge in [0.1, 0.15) is 5.75 Å². The predicted molar refractivity (Wildman–Crippen MR) is 101 cm³/mol. The van der Waals surface area contributed by atoms with E-state index < -0.39 is 0 Å². The van der Waals surface area contributed by atoms with Gasteiger partial charge < -0.3 is 15.0 Å². The summed E-state index contributed by atoms with van der Waals surface area (Å²) in [6.45, 7) is 2.89. The van der Waals surface area contributed by atoms with Crippen LogP contribution in [0.5, 0.6) is 5.75 Å². The fraction of sp³-hybridized carbons (Fsp3) is 0.381. The minimum atomic E-state index is 0.0754. The predicted octanol–water partition coefficient (Wildman–Crippen LogP) is 3.54. The van der Waals surface area contributed by atoms with E-state index >= 15 is 0 Å². The summed E-state index contributed by atoms with van der Waals surface area (Å²) in [5.74, 6) is 0.905. The van der Waals surface area contributed by atoms with E-state index in [9.17, 15) is 4.79 Å². The number of ether oxygens (including phenoxy) is 1. The molecule has 1 aliphatic rings. The molecule has 1 fully saturated rings. The minimum Gasteiger partial charge on any atom is -0.497 e. The van der Waals surface area contributed by atoms with Crippen molar-refractivity contribution in [2.24, 2.45) is 0 Å². The zero-order chi connectivity index (χ0) is 17.5. The third kappa shape index (κ3) is 4.99. The molecule has 4 nitrogen and oxygen atoms in total. The molecule has 1 amide bonds. The lowest BCUT2D eigenvalue weighted by Crippen LogP contribution is -2.23. The number of hydrogen-bond donors (Lipinski definition) is 1. The molecule has 0 saturated carbocycles. The van der Waals surface area contributed by atoms with Crippen molar-refractivity contribution in [3.63, 3.8) is 0 Å². The number of rotatable bonds is 7. The first kappa shape index (κ1) is 17.3. The fourth-order valence-electron chi connectivity index (χ4n) is 3.17. The van der Waals surface area contributed by atoms with Gasteiger partial charge in [-0.05, 0) is 54.7 Å². The quantitative estimate of drug-likeness (QED) is 0.839. The van der Waals surface area contributed by atoms with E-state index in [0.29, 0.717) is 13.0 Å². The van der Waals surface area contributed by atoms with E-state index in [1.807, 2.05) is 24.3 Å². The molecule has 25 heavy (non-hydrogen) atoms. The number of aryl methyl sites for hydroxylation is 1. The van der Waals surface area contributed by atoms with Crippen molar-refractivity contribution in [3.8, 4) is 5.75 Å². The molecule has 2 aromatic rings. The third-order valence-electron chi connectivity index (χ3n) is 4.67. The molecule has 0 atom stereocenters. The normalized spacial score (nSPS) is 13.7. The second-order valence-electron chi connectivity index (χ2n) is 6.49. The summed E-state index contributed by atoms with van der Waals surface area (Å²) < 4.78 is 5.21. The maximum Gasteiger partial charge on any atom is 0.220 e. The highest BCUT2D eigenvalue weighted by atomic mass is 16.5. The zero-order valence-electron chi connectivity index (χ0n) is 14.8. The van der Waals surface area contributed by atoms with Gasteiger partial charge in [-0.3, -0.25) is 4.79 Å².